The number of benzene rings is 1. The summed E-state index contributed by atoms with van der Waals surface area (Å²) in [5.41, 5.74) is 0.478. The van der Waals surface area contributed by atoms with E-state index in [1.165, 1.54) is 11.8 Å². The Morgan fingerprint density at radius 2 is 2.20 bits per heavy atom. The van der Waals surface area contributed by atoms with Crippen LogP contribution in [-0.2, 0) is 17.0 Å². The van der Waals surface area contributed by atoms with Crippen molar-refractivity contribution in [3.8, 4) is 0 Å². The van der Waals surface area contributed by atoms with Crippen molar-refractivity contribution in [3.63, 3.8) is 0 Å². The van der Waals surface area contributed by atoms with Gasteiger partial charge in [-0.3, -0.25) is 9.36 Å². The second kappa shape index (κ2) is 7.99. The van der Waals surface area contributed by atoms with Gasteiger partial charge in [0.05, 0.1) is 16.7 Å². The zero-order valence-electron chi connectivity index (χ0n) is 13.9. The number of hydrogen-bond acceptors (Lipinski definition) is 7. The molecule has 7 nitrogen and oxygen atoms in total. The lowest BCUT2D eigenvalue weighted by atomic mass is 10.2. The molecule has 0 aliphatic heterocycles. The van der Waals surface area contributed by atoms with E-state index in [4.69, 9.17) is 20.9 Å². The normalized spacial score (nSPS) is 11.3. The Bertz CT molecular complexity index is 941. The summed E-state index contributed by atoms with van der Waals surface area (Å²) < 4.78 is 11.9. The minimum atomic E-state index is -0.0954. The molecular weight excluding hydrogens is 364 g/mol. The van der Waals surface area contributed by atoms with E-state index in [1.807, 2.05) is 0 Å². The van der Waals surface area contributed by atoms with E-state index >= 15 is 0 Å². The predicted molar refractivity (Wildman–Crippen MR) is 96.1 cm³/mol. The first-order valence-electron chi connectivity index (χ1n) is 7.69. The van der Waals surface area contributed by atoms with Crippen LogP contribution in [0.3, 0.4) is 0 Å². The molecule has 0 bridgehead atoms. The smallest absolute Gasteiger partial charge is 0.262 e. The van der Waals surface area contributed by atoms with Gasteiger partial charge in [-0.15, -0.1) is 0 Å². The molecule has 0 unspecified atom stereocenters. The molecule has 0 amide bonds. The number of nitrogens with zero attached hydrogens (tertiary/aromatic N) is 4. The highest BCUT2D eigenvalue weighted by Crippen LogP contribution is 2.23. The third-order valence-electron chi connectivity index (χ3n) is 3.51. The molecule has 2 heterocycles. The molecular formula is C16H17ClN4O3S. The third-order valence-corrected chi connectivity index (χ3v) is 4.70. The molecule has 1 aromatic carbocycles. The summed E-state index contributed by atoms with van der Waals surface area (Å²) in [6.45, 7) is 2.84. The number of thioether (sulfide) groups is 1. The van der Waals surface area contributed by atoms with Gasteiger partial charge >= 0.3 is 0 Å². The molecule has 0 saturated heterocycles. The maximum absolute atomic E-state index is 12.8. The number of ether oxygens (including phenoxy) is 1. The standard InChI is InChI=1S/C16H17ClN4O3S/c1-10-18-14(24-20-10)9-25-16-19-13-8-11(17)4-5-12(13)15(22)21(16)6-3-7-23-2/h4-5,8H,3,6-7,9H2,1-2H3. The lowest BCUT2D eigenvalue weighted by Gasteiger charge is -2.12. The molecule has 0 N–H and O–H groups in total. The average Bonchev–Trinajstić information content (AvgIpc) is 3.00. The highest BCUT2D eigenvalue weighted by molar-refractivity contribution is 7.98. The van der Waals surface area contributed by atoms with E-state index in [1.54, 1.807) is 36.8 Å². The van der Waals surface area contributed by atoms with E-state index in [0.717, 1.165) is 0 Å². The van der Waals surface area contributed by atoms with E-state index in [9.17, 15) is 4.79 Å². The van der Waals surface area contributed by atoms with Crippen LogP contribution >= 0.6 is 23.4 Å². The number of aryl methyl sites for hydroxylation is 1. The van der Waals surface area contributed by atoms with Crippen LogP contribution in [0.5, 0.6) is 0 Å². The molecule has 0 fully saturated rings. The molecule has 9 heteroatoms. The van der Waals surface area contributed by atoms with Crippen LogP contribution in [0.25, 0.3) is 10.9 Å². The highest BCUT2D eigenvalue weighted by atomic mass is 35.5. The van der Waals surface area contributed by atoms with Gasteiger partial charge in [-0.25, -0.2) is 4.98 Å². The summed E-state index contributed by atoms with van der Waals surface area (Å²) in [6, 6.07) is 5.09. The molecule has 0 aliphatic rings. The first-order chi connectivity index (χ1) is 12.1. The number of fused-ring (bicyclic) bond motifs is 1. The molecule has 0 radical (unpaired) electrons. The zero-order valence-corrected chi connectivity index (χ0v) is 15.4. The molecule has 3 aromatic rings. The summed E-state index contributed by atoms with van der Waals surface area (Å²) >= 11 is 7.41. The number of rotatable bonds is 7. The Hall–Kier alpha value is -1.90. The summed E-state index contributed by atoms with van der Waals surface area (Å²) in [4.78, 5) is 21.6. The monoisotopic (exact) mass is 380 g/mol. The van der Waals surface area contributed by atoms with Crippen molar-refractivity contribution in [2.45, 2.75) is 30.8 Å². The third kappa shape index (κ3) is 4.20. The topological polar surface area (TPSA) is 83.0 Å². The van der Waals surface area contributed by atoms with Gasteiger partial charge in [-0.05, 0) is 31.5 Å². The fourth-order valence-electron chi connectivity index (χ4n) is 2.37. The van der Waals surface area contributed by atoms with Gasteiger partial charge in [0, 0.05) is 25.3 Å². The Kier molecular flexibility index (Phi) is 5.72. The van der Waals surface area contributed by atoms with E-state index in [-0.39, 0.29) is 5.56 Å². The van der Waals surface area contributed by atoms with E-state index in [0.29, 0.717) is 58.1 Å². The molecule has 132 valence electrons. The molecule has 3 rings (SSSR count). The van der Waals surface area contributed by atoms with Crippen molar-refractivity contribution in [2.75, 3.05) is 13.7 Å². The van der Waals surface area contributed by atoms with Crippen molar-refractivity contribution in [1.29, 1.82) is 0 Å². The molecule has 0 aliphatic carbocycles. The first-order valence-corrected chi connectivity index (χ1v) is 9.06. The van der Waals surface area contributed by atoms with Crippen LogP contribution < -0.4 is 5.56 Å². The Labute approximate surface area is 153 Å². The predicted octanol–water partition coefficient (Wildman–Crippen LogP) is 3.07. The van der Waals surface area contributed by atoms with Crippen molar-refractivity contribution >= 4 is 34.3 Å². The summed E-state index contributed by atoms with van der Waals surface area (Å²) in [5, 5.41) is 5.44. The van der Waals surface area contributed by atoms with Gasteiger partial charge in [0.2, 0.25) is 5.89 Å². The van der Waals surface area contributed by atoms with Crippen LogP contribution in [0.4, 0.5) is 0 Å². The molecule has 2 aromatic heterocycles. The van der Waals surface area contributed by atoms with Crippen LogP contribution in [0.1, 0.15) is 18.1 Å². The minimum absolute atomic E-state index is 0.0954. The van der Waals surface area contributed by atoms with Crippen molar-refractivity contribution in [1.82, 2.24) is 19.7 Å². The second-order valence-corrected chi connectivity index (χ2v) is 6.76. The molecule has 0 atom stereocenters. The minimum Gasteiger partial charge on any atom is -0.385 e. The Morgan fingerprint density at radius 3 is 2.92 bits per heavy atom. The van der Waals surface area contributed by atoms with Crippen molar-refractivity contribution in [3.05, 3.63) is 45.3 Å². The van der Waals surface area contributed by atoms with Gasteiger partial charge in [0.1, 0.15) is 0 Å². The number of aromatic nitrogens is 4. The van der Waals surface area contributed by atoms with Gasteiger partial charge in [-0.1, -0.05) is 28.5 Å². The average molecular weight is 381 g/mol. The van der Waals surface area contributed by atoms with E-state index < -0.39 is 0 Å². The quantitative estimate of drug-likeness (QED) is 0.354. The van der Waals surface area contributed by atoms with Gasteiger partial charge in [0.25, 0.3) is 5.56 Å². The first kappa shape index (κ1) is 17.9. The van der Waals surface area contributed by atoms with Gasteiger partial charge < -0.3 is 9.26 Å². The van der Waals surface area contributed by atoms with Crippen molar-refractivity contribution in [2.24, 2.45) is 0 Å². The number of halogens is 1. The van der Waals surface area contributed by atoms with Gasteiger partial charge in [0.15, 0.2) is 11.0 Å². The van der Waals surface area contributed by atoms with Crippen LogP contribution in [0, 0.1) is 6.92 Å². The molecule has 0 saturated carbocycles. The summed E-state index contributed by atoms with van der Waals surface area (Å²) in [6.07, 6.45) is 0.713. The molecule has 0 spiro atoms. The highest BCUT2D eigenvalue weighted by Gasteiger charge is 2.13. The maximum Gasteiger partial charge on any atom is 0.262 e. The van der Waals surface area contributed by atoms with Crippen LogP contribution in [0.2, 0.25) is 5.02 Å². The van der Waals surface area contributed by atoms with Crippen LogP contribution in [0.15, 0.2) is 32.7 Å². The van der Waals surface area contributed by atoms with Gasteiger partial charge in [-0.2, -0.15) is 4.98 Å². The van der Waals surface area contributed by atoms with E-state index in [2.05, 4.69) is 15.1 Å². The molecule has 25 heavy (non-hydrogen) atoms. The lowest BCUT2D eigenvalue weighted by molar-refractivity contribution is 0.189. The zero-order chi connectivity index (χ0) is 17.8. The maximum atomic E-state index is 12.8. The Balaban J connectivity index is 1.97. The van der Waals surface area contributed by atoms with Crippen molar-refractivity contribution < 1.29 is 9.26 Å². The number of hydrogen-bond donors (Lipinski definition) is 0. The fourth-order valence-corrected chi connectivity index (χ4v) is 3.40. The fraction of sp³-hybridized carbons (Fsp3) is 0.375. The second-order valence-electron chi connectivity index (χ2n) is 5.38. The number of methoxy groups -OCH3 is 1. The SMILES string of the molecule is COCCCn1c(SCc2nc(C)no2)nc2cc(Cl)ccc2c1=O. The lowest BCUT2D eigenvalue weighted by Crippen LogP contribution is -2.24. The Morgan fingerprint density at radius 1 is 1.36 bits per heavy atom. The summed E-state index contributed by atoms with van der Waals surface area (Å²) in [5.74, 6) is 1.50. The van der Waals surface area contributed by atoms with Crippen LogP contribution in [-0.4, -0.2) is 33.4 Å². The largest absolute Gasteiger partial charge is 0.385 e. The summed E-state index contributed by atoms with van der Waals surface area (Å²) in [7, 11) is 1.64.